The van der Waals surface area contributed by atoms with E-state index in [0.29, 0.717) is 22.7 Å². The van der Waals surface area contributed by atoms with Gasteiger partial charge in [0.25, 0.3) is 11.5 Å². The molecule has 0 bridgehead atoms. The number of benzene rings is 1. The molecule has 1 amide bonds. The van der Waals surface area contributed by atoms with Crippen molar-refractivity contribution < 1.29 is 19.4 Å². The number of pyridine rings is 2. The van der Waals surface area contributed by atoms with Gasteiger partial charge in [0.15, 0.2) is 11.5 Å². The molecule has 0 radical (unpaired) electrons. The second-order valence-electron chi connectivity index (χ2n) is 6.16. The number of allylic oxidation sites excluding steroid dienone is 1. The lowest BCUT2D eigenvalue weighted by atomic mass is 10.1. The van der Waals surface area contributed by atoms with Gasteiger partial charge in [-0.05, 0) is 18.2 Å². The second kappa shape index (κ2) is 8.47. The zero-order valence-electron chi connectivity index (χ0n) is 16.1. The van der Waals surface area contributed by atoms with Crippen LogP contribution in [0.5, 0.6) is 17.2 Å². The van der Waals surface area contributed by atoms with E-state index in [0.717, 1.165) is 0 Å². The number of aromatic hydroxyl groups is 1. The third kappa shape index (κ3) is 3.77. The minimum atomic E-state index is -0.701. The molecule has 8 heteroatoms. The Morgan fingerprint density at radius 2 is 2.00 bits per heavy atom. The zero-order chi connectivity index (χ0) is 21.0. The lowest BCUT2D eigenvalue weighted by Gasteiger charge is -2.16. The maximum atomic E-state index is 13.0. The number of rotatable bonds is 7. The Balaban J connectivity index is 2.14. The van der Waals surface area contributed by atoms with Gasteiger partial charge in [0.1, 0.15) is 11.3 Å². The Labute approximate surface area is 167 Å². The van der Waals surface area contributed by atoms with Crippen molar-refractivity contribution in [2.75, 3.05) is 14.2 Å². The van der Waals surface area contributed by atoms with Crippen LogP contribution in [-0.4, -0.2) is 34.8 Å². The van der Waals surface area contributed by atoms with Gasteiger partial charge >= 0.3 is 0 Å². The molecule has 150 valence electrons. The lowest BCUT2D eigenvalue weighted by molar-refractivity contribution is 0.0946. The molecule has 0 aliphatic carbocycles. The highest BCUT2D eigenvalue weighted by molar-refractivity contribution is 6.03. The largest absolute Gasteiger partial charge is 0.506 e. The van der Waals surface area contributed by atoms with Crippen LogP contribution in [0.3, 0.4) is 0 Å². The minimum Gasteiger partial charge on any atom is -0.506 e. The van der Waals surface area contributed by atoms with Crippen molar-refractivity contribution in [3.05, 3.63) is 70.8 Å². The highest BCUT2D eigenvalue weighted by Gasteiger charge is 2.23. The van der Waals surface area contributed by atoms with E-state index < -0.39 is 17.2 Å². The maximum Gasteiger partial charge on any atom is 0.268 e. The van der Waals surface area contributed by atoms with Gasteiger partial charge in [-0.2, -0.15) is 0 Å². The zero-order valence-corrected chi connectivity index (χ0v) is 16.1. The SMILES string of the molecule is C=CCn1c(=O)c(C(=O)NCc2ccccn2)c(O)c2cc(OC)c(OC)cc21. The molecule has 0 saturated carbocycles. The molecule has 0 spiro atoms. The van der Waals surface area contributed by atoms with Gasteiger partial charge in [0.2, 0.25) is 0 Å². The molecule has 2 N–H and O–H groups in total. The van der Waals surface area contributed by atoms with Gasteiger partial charge in [0.05, 0.1) is 32.0 Å². The highest BCUT2D eigenvalue weighted by atomic mass is 16.5. The summed E-state index contributed by atoms with van der Waals surface area (Å²) in [6, 6.07) is 8.40. The summed E-state index contributed by atoms with van der Waals surface area (Å²) in [6.07, 6.45) is 3.13. The van der Waals surface area contributed by atoms with Crippen LogP contribution in [0.25, 0.3) is 10.9 Å². The molecular formula is C21H21N3O5. The molecule has 1 aromatic carbocycles. The fourth-order valence-electron chi connectivity index (χ4n) is 3.04. The molecule has 0 fully saturated rings. The smallest absolute Gasteiger partial charge is 0.268 e. The Morgan fingerprint density at radius 3 is 2.62 bits per heavy atom. The molecule has 0 saturated heterocycles. The van der Waals surface area contributed by atoms with Crippen LogP contribution in [-0.2, 0) is 13.1 Å². The van der Waals surface area contributed by atoms with Crippen LogP contribution in [0.4, 0.5) is 0 Å². The summed E-state index contributed by atoms with van der Waals surface area (Å²) < 4.78 is 11.9. The maximum absolute atomic E-state index is 13.0. The third-order valence-electron chi connectivity index (χ3n) is 4.44. The average molecular weight is 395 g/mol. The molecule has 2 aromatic heterocycles. The van der Waals surface area contributed by atoms with Gasteiger partial charge in [-0.15, -0.1) is 6.58 Å². The number of aromatic nitrogens is 2. The molecule has 0 aliphatic heterocycles. The van der Waals surface area contributed by atoms with Gasteiger partial charge in [-0.25, -0.2) is 0 Å². The first-order valence-electron chi connectivity index (χ1n) is 8.82. The van der Waals surface area contributed by atoms with Gasteiger partial charge in [-0.1, -0.05) is 12.1 Å². The first-order valence-corrected chi connectivity index (χ1v) is 8.82. The van der Waals surface area contributed by atoms with E-state index >= 15 is 0 Å². The number of amides is 1. The minimum absolute atomic E-state index is 0.115. The fourth-order valence-corrected chi connectivity index (χ4v) is 3.04. The summed E-state index contributed by atoms with van der Waals surface area (Å²) in [5.74, 6) is -0.375. The number of methoxy groups -OCH3 is 2. The van der Waals surface area contributed by atoms with Gasteiger partial charge in [-0.3, -0.25) is 14.6 Å². The van der Waals surface area contributed by atoms with E-state index in [1.165, 1.54) is 30.9 Å². The number of nitrogens with zero attached hydrogens (tertiary/aromatic N) is 2. The molecular weight excluding hydrogens is 374 g/mol. The predicted molar refractivity (Wildman–Crippen MR) is 109 cm³/mol. The van der Waals surface area contributed by atoms with E-state index in [1.54, 1.807) is 30.5 Å². The number of carbonyl (C=O) groups is 1. The van der Waals surface area contributed by atoms with Crippen molar-refractivity contribution in [3.8, 4) is 17.2 Å². The molecule has 29 heavy (non-hydrogen) atoms. The van der Waals surface area contributed by atoms with E-state index in [2.05, 4.69) is 16.9 Å². The van der Waals surface area contributed by atoms with Crippen LogP contribution in [0.15, 0.2) is 54.0 Å². The van der Waals surface area contributed by atoms with Crippen molar-refractivity contribution >= 4 is 16.8 Å². The summed E-state index contributed by atoms with van der Waals surface area (Å²) in [5.41, 5.74) is 0.0217. The van der Waals surface area contributed by atoms with Crippen LogP contribution in [0, 0.1) is 0 Å². The molecule has 3 aromatic rings. The van der Waals surface area contributed by atoms with Crippen molar-refractivity contribution in [1.82, 2.24) is 14.9 Å². The average Bonchev–Trinajstić information content (AvgIpc) is 2.75. The second-order valence-corrected chi connectivity index (χ2v) is 6.16. The van der Waals surface area contributed by atoms with Gasteiger partial charge < -0.3 is 24.5 Å². The quantitative estimate of drug-likeness (QED) is 0.595. The Kier molecular flexibility index (Phi) is 5.82. The van der Waals surface area contributed by atoms with E-state index in [4.69, 9.17) is 9.47 Å². The van der Waals surface area contributed by atoms with Crippen molar-refractivity contribution in [2.24, 2.45) is 0 Å². The van der Waals surface area contributed by atoms with Crippen LogP contribution in [0.1, 0.15) is 16.1 Å². The number of carbonyl (C=O) groups excluding carboxylic acids is 1. The Hall–Kier alpha value is -3.81. The number of nitrogens with one attached hydrogen (secondary N) is 1. The number of hydrogen-bond donors (Lipinski definition) is 2. The number of ether oxygens (including phenoxy) is 2. The summed E-state index contributed by atoms with van der Waals surface area (Å²) in [7, 11) is 2.93. The molecule has 3 rings (SSSR count). The van der Waals surface area contributed by atoms with Crippen LogP contribution < -0.4 is 20.3 Å². The standard InChI is InChI=1S/C21H21N3O5/c1-4-9-24-15-11-17(29-3)16(28-2)10-14(15)19(25)18(21(24)27)20(26)23-12-13-7-5-6-8-22-13/h4-8,10-11,25H,1,9,12H2,2-3H3,(H,23,26). The van der Waals surface area contributed by atoms with Crippen molar-refractivity contribution in [1.29, 1.82) is 0 Å². The summed E-state index contributed by atoms with van der Waals surface area (Å²) in [4.78, 5) is 29.9. The van der Waals surface area contributed by atoms with E-state index in [9.17, 15) is 14.7 Å². The molecule has 2 heterocycles. The summed E-state index contributed by atoms with van der Waals surface area (Å²) >= 11 is 0. The van der Waals surface area contributed by atoms with Crippen molar-refractivity contribution in [2.45, 2.75) is 13.1 Å². The Bertz CT molecular complexity index is 1120. The lowest BCUT2D eigenvalue weighted by Crippen LogP contribution is -2.33. The third-order valence-corrected chi connectivity index (χ3v) is 4.44. The Morgan fingerprint density at radius 1 is 1.28 bits per heavy atom. The highest BCUT2D eigenvalue weighted by Crippen LogP contribution is 2.36. The predicted octanol–water partition coefficient (Wildman–Crippen LogP) is 2.24. The molecule has 8 nitrogen and oxygen atoms in total. The van der Waals surface area contributed by atoms with E-state index in [-0.39, 0.29) is 24.0 Å². The van der Waals surface area contributed by atoms with E-state index in [1.807, 2.05) is 0 Å². The van der Waals surface area contributed by atoms with Crippen LogP contribution in [0.2, 0.25) is 0 Å². The first-order chi connectivity index (χ1) is 14.0. The van der Waals surface area contributed by atoms with Crippen molar-refractivity contribution in [3.63, 3.8) is 0 Å². The molecule has 0 atom stereocenters. The number of fused-ring (bicyclic) bond motifs is 1. The topological polar surface area (TPSA) is 103 Å². The summed E-state index contributed by atoms with van der Waals surface area (Å²) in [5, 5.41) is 13.7. The van der Waals surface area contributed by atoms with Crippen LogP contribution >= 0.6 is 0 Å². The first kappa shape index (κ1) is 19.9. The molecule has 0 aliphatic rings. The molecule has 0 unspecified atom stereocenters. The number of hydrogen-bond acceptors (Lipinski definition) is 6. The normalized spacial score (nSPS) is 10.6. The summed E-state index contributed by atoms with van der Waals surface area (Å²) in [6.45, 7) is 3.93. The van der Waals surface area contributed by atoms with Gasteiger partial charge in [0, 0.05) is 24.2 Å². The fraction of sp³-hybridized carbons (Fsp3) is 0.190. The monoisotopic (exact) mass is 395 g/mol.